The van der Waals surface area contributed by atoms with Crippen LogP contribution in [0.4, 0.5) is 0 Å². The molecule has 0 fully saturated rings. The number of carbonyl (C=O) groups excluding carboxylic acids is 1. The van der Waals surface area contributed by atoms with Crippen molar-refractivity contribution >= 4 is 21.8 Å². The van der Waals surface area contributed by atoms with Gasteiger partial charge in [0.2, 0.25) is 0 Å². The highest BCUT2D eigenvalue weighted by molar-refractivity contribution is 9.10. The van der Waals surface area contributed by atoms with Crippen molar-refractivity contribution in [1.82, 2.24) is 5.32 Å². The molecule has 0 bridgehead atoms. The number of rotatable bonds is 5. The number of amides is 1. The Hall–Kier alpha value is -1.65. The lowest BCUT2D eigenvalue weighted by Gasteiger charge is -2.13. The van der Waals surface area contributed by atoms with Gasteiger partial charge in [-0.25, -0.2) is 0 Å². The molecule has 1 amide bonds. The van der Waals surface area contributed by atoms with Crippen molar-refractivity contribution in [2.45, 2.75) is 19.4 Å². The maximum atomic E-state index is 12.2. The third kappa shape index (κ3) is 4.16. The number of hydrogen-bond acceptors (Lipinski definition) is 2. The molecule has 0 aliphatic carbocycles. The summed E-state index contributed by atoms with van der Waals surface area (Å²) in [5.74, 6) is -0.0611. The van der Waals surface area contributed by atoms with E-state index in [2.05, 4.69) is 21.2 Å². The van der Waals surface area contributed by atoms with Crippen LogP contribution < -0.4 is 11.1 Å². The van der Waals surface area contributed by atoms with Gasteiger partial charge in [0.05, 0.1) is 0 Å². The van der Waals surface area contributed by atoms with Crippen LogP contribution in [0.15, 0.2) is 53.0 Å². The Labute approximate surface area is 133 Å². The van der Waals surface area contributed by atoms with Crippen molar-refractivity contribution in [1.29, 1.82) is 0 Å². The molecule has 0 aliphatic rings. The molecule has 0 aromatic heterocycles. The van der Waals surface area contributed by atoms with Gasteiger partial charge in [-0.05, 0) is 36.6 Å². The molecule has 1 atom stereocenters. The zero-order chi connectivity index (χ0) is 15.2. The molecule has 4 heteroatoms. The van der Waals surface area contributed by atoms with E-state index < -0.39 is 0 Å². The normalized spacial score (nSPS) is 12.0. The largest absolute Gasteiger partial charge is 0.352 e. The molecule has 2 rings (SSSR count). The molecule has 2 aromatic carbocycles. The number of nitrogens with one attached hydrogen (secondary N) is 1. The molecular weight excluding hydrogens is 328 g/mol. The first kappa shape index (κ1) is 15.7. The van der Waals surface area contributed by atoms with Crippen molar-refractivity contribution in [3.05, 3.63) is 69.7 Å². The topological polar surface area (TPSA) is 55.1 Å². The molecule has 3 N–H and O–H groups in total. The Balaban J connectivity index is 1.89. The molecule has 1 unspecified atom stereocenters. The Kier molecular flexibility index (Phi) is 5.53. The first-order valence-electron chi connectivity index (χ1n) is 6.93. The van der Waals surface area contributed by atoms with Crippen molar-refractivity contribution in [2.75, 3.05) is 6.54 Å². The lowest BCUT2D eigenvalue weighted by Crippen LogP contribution is -2.27. The molecule has 0 spiro atoms. The molecule has 110 valence electrons. The number of halogens is 1. The van der Waals surface area contributed by atoms with Crippen LogP contribution in [0.1, 0.15) is 33.9 Å². The molecule has 0 aliphatic heterocycles. The average Bonchev–Trinajstić information content (AvgIpc) is 2.50. The summed E-state index contributed by atoms with van der Waals surface area (Å²) < 4.78 is 0.941. The summed E-state index contributed by atoms with van der Waals surface area (Å²) in [6.45, 7) is 2.48. The SMILES string of the molecule is Cc1c(Br)cccc1C(=O)NCCC(N)c1ccccc1. The summed E-state index contributed by atoms with van der Waals surface area (Å²) in [6.07, 6.45) is 0.711. The van der Waals surface area contributed by atoms with E-state index in [-0.39, 0.29) is 11.9 Å². The van der Waals surface area contributed by atoms with Crippen LogP contribution in [0.2, 0.25) is 0 Å². The maximum Gasteiger partial charge on any atom is 0.251 e. The summed E-state index contributed by atoms with van der Waals surface area (Å²) in [5.41, 5.74) is 8.84. The lowest BCUT2D eigenvalue weighted by atomic mass is 10.0. The van der Waals surface area contributed by atoms with E-state index >= 15 is 0 Å². The molecule has 0 saturated carbocycles. The van der Waals surface area contributed by atoms with Gasteiger partial charge in [-0.3, -0.25) is 4.79 Å². The Morgan fingerprint density at radius 1 is 1.19 bits per heavy atom. The second-order valence-electron chi connectivity index (χ2n) is 4.97. The summed E-state index contributed by atoms with van der Waals surface area (Å²) in [6, 6.07) is 15.5. The molecule has 0 saturated heterocycles. The van der Waals surface area contributed by atoms with Gasteiger partial charge in [-0.1, -0.05) is 52.3 Å². The minimum atomic E-state index is -0.0611. The van der Waals surface area contributed by atoms with Gasteiger partial charge in [0, 0.05) is 22.6 Å². The molecular formula is C17H19BrN2O. The third-order valence-electron chi connectivity index (χ3n) is 3.48. The van der Waals surface area contributed by atoms with Crippen LogP contribution in [0.5, 0.6) is 0 Å². The van der Waals surface area contributed by atoms with Gasteiger partial charge in [0.15, 0.2) is 0 Å². The van der Waals surface area contributed by atoms with Gasteiger partial charge >= 0.3 is 0 Å². The fourth-order valence-corrected chi connectivity index (χ4v) is 2.52. The van der Waals surface area contributed by atoms with Gasteiger partial charge in [0.25, 0.3) is 5.91 Å². The van der Waals surface area contributed by atoms with E-state index in [1.807, 2.05) is 55.5 Å². The van der Waals surface area contributed by atoms with Gasteiger partial charge < -0.3 is 11.1 Å². The van der Waals surface area contributed by atoms with Crippen LogP contribution in [0.3, 0.4) is 0 Å². The highest BCUT2D eigenvalue weighted by atomic mass is 79.9. The van der Waals surface area contributed by atoms with E-state index in [9.17, 15) is 4.79 Å². The monoisotopic (exact) mass is 346 g/mol. The molecule has 0 radical (unpaired) electrons. The molecule has 2 aromatic rings. The van der Waals surface area contributed by atoms with Gasteiger partial charge in [0.1, 0.15) is 0 Å². The second-order valence-corrected chi connectivity index (χ2v) is 5.83. The summed E-state index contributed by atoms with van der Waals surface area (Å²) in [7, 11) is 0. The van der Waals surface area contributed by atoms with Crippen LogP contribution in [-0.4, -0.2) is 12.5 Å². The number of benzene rings is 2. The number of carbonyl (C=O) groups is 1. The van der Waals surface area contributed by atoms with Crippen LogP contribution in [0, 0.1) is 6.92 Å². The molecule has 3 nitrogen and oxygen atoms in total. The van der Waals surface area contributed by atoms with Crippen molar-refractivity contribution < 1.29 is 4.79 Å². The Morgan fingerprint density at radius 3 is 2.62 bits per heavy atom. The van der Waals surface area contributed by atoms with E-state index in [1.54, 1.807) is 0 Å². The number of nitrogens with two attached hydrogens (primary N) is 1. The van der Waals surface area contributed by atoms with Crippen LogP contribution in [-0.2, 0) is 0 Å². The Morgan fingerprint density at radius 2 is 1.90 bits per heavy atom. The zero-order valence-corrected chi connectivity index (χ0v) is 13.6. The quantitative estimate of drug-likeness (QED) is 0.869. The van der Waals surface area contributed by atoms with Gasteiger partial charge in [-0.15, -0.1) is 0 Å². The molecule has 21 heavy (non-hydrogen) atoms. The van der Waals surface area contributed by atoms with Crippen molar-refractivity contribution in [3.8, 4) is 0 Å². The highest BCUT2D eigenvalue weighted by Crippen LogP contribution is 2.19. The fourth-order valence-electron chi connectivity index (χ4n) is 2.16. The minimum absolute atomic E-state index is 0.0601. The number of hydrogen-bond donors (Lipinski definition) is 2. The van der Waals surface area contributed by atoms with Crippen molar-refractivity contribution in [2.24, 2.45) is 5.73 Å². The minimum Gasteiger partial charge on any atom is -0.352 e. The zero-order valence-electron chi connectivity index (χ0n) is 12.0. The average molecular weight is 347 g/mol. The summed E-state index contributed by atoms with van der Waals surface area (Å²) in [5, 5.41) is 2.93. The second kappa shape index (κ2) is 7.38. The standard InChI is InChI=1S/C17H19BrN2O/c1-12-14(8-5-9-15(12)18)17(21)20-11-10-16(19)13-6-3-2-4-7-13/h2-9,16H,10-11,19H2,1H3,(H,20,21). The van der Waals surface area contributed by atoms with Gasteiger partial charge in [-0.2, -0.15) is 0 Å². The molecule has 0 heterocycles. The van der Waals surface area contributed by atoms with E-state index in [4.69, 9.17) is 5.73 Å². The van der Waals surface area contributed by atoms with E-state index in [0.717, 1.165) is 15.6 Å². The maximum absolute atomic E-state index is 12.2. The van der Waals surface area contributed by atoms with E-state index in [1.165, 1.54) is 0 Å². The summed E-state index contributed by atoms with van der Waals surface area (Å²) in [4.78, 5) is 12.2. The Bertz CT molecular complexity index is 613. The van der Waals surface area contributed by atoms with Crippen LogP contribution >= 0.6 is 15.9 Å². The fraction of sp³-hybridized carbons (Fsp3) is 0.235. The lowest BCUT2D eigenvalue weighted by molar-refractivity contribution is 0.0952. The smallest absolute Gasteiger partial charge is 0.251 e. The first-order chi connectivity index (χ1) is 10.1. The predicted octanol–water partition coefficient (Wildman–Crippen LogP) is 3.58. The third-order valence-corrected chi connectivity index (χ3v) is 4.34. The van der Waals surface area contributed by atoms with E-state index in [0.29, 0.717) is 18.5 Å². The van der Waals surface area contributed by atoms with Crippen molar-refractivity contribution in [3.63, 3.8) is 0 Å². The first-order valence-corrected chi connectivity index (χ1v) is 7.72. The highest BCUT2D eigenvalue weighted by Gasteiger charge is 2.11. The van der Waals surface area contributed by atoms with Crippen LogP contribution in [0.25, 0.3) is 0 Å². The summed E-state index contributed by atoms with van der Waals surface area (Å²) >= 11 is 3.44. The predicted molar refractivity (Wildman–Crippen MR) is 89.2 cm³/mol.